The third-order valence-corrected chi connectivity index (χ3v) is 5.04. The van der Waals surface area contributed by atoms with Gasteiger partial charge in [0.2, 0.25) is 5.95 Å². The Morgan fingerprint density at radius 1 is 0.848 bits per heavy atom. The maximum Gasteiger partial charge on any atom is 0.255 e. The van der Waals surface area contributed by atoms with Crippen LogP contribution in [0.3, 0.4) is 0 Å². The van der Waals surface area contributed by atoms with E-state index in [1.807, 2.05) is 31.2 Å². The highest BCUT2D eigenvalue weighted by atomic mass is 16.5. The highest BCUT2D eigenvalue weighted by molar-refractivity contribution is 6.05. The number of aryl methyl sites for hydroxylation is 1. The zero-order valence-corrected chi connectivity index (χ0v) is 18.6. The lowest BCUT2D eigenvalue weighted by molar-refractivity contribution is 0.102. The van der Waals surface area contributed by atoms with E-state index < -0.39 is 0 Å². The number of hydrogen-bond donors (Lipinski definition) is 2. The van der Waals surface area contributed by atoms with Crippen molar-refractivity contribution in [1.82, 2.24) is 9.97 Å². The summed E-state index contributed by atoms with van der Waals surface area (Å²) in [6.45, 7) is 2.05. The summed E-state index contributed by atoms with van der Waals surface area (Å²) < 4.78 is 10.6. The summed E-state index contributed by atoms with van der Waals surface area (Å²) >= 11 is 0. The summed E-state index contributed by atoms with van der Waals surface area (Å²) in [6, 6.07) is 20.5. The van der Waals surface area contributed by atoms with Crippen molar-refractivity contribution in [1.29, 1.82) is 0 Å². The Bertz CT molecular complexity index is 1270. The van der Waals surface area contributed by atoms with Crippen molar-refractivity contribution in [2.45, 2.75) is 6.92 Å². The fourth-order valence-electron chi connectivity index (χ4n) is 3.33. The van der Waals surface area contributed by atoms with Crippen LogP contribution in [-0.4, -0.2) is 30.1 Å². The van der Waals surface area contributed by atoms with Gasteiger partial charge in [-0.15, -0.1) is 0 Å². The number of nitrogens with one attached hydrogen (secondary N) is 2. The number of hydrogen-bond acceptors (Lipinski definition) is 6. The number of anilines is 3. The molecule has 0 saturated heterocycles. The molecular weight excluding hydrogens is 416 g/mol. The van der Waals surface area contributed by atoms with E-state index in [2.05, 4.69) is 26.7 Å². The van der Waals surface area contributed by atoms with Crippen molar-refractivity contribution in [2.75, 3.05) is 24.9 Å². The van der Waals surface area contributed by atoms with E-state index in [0.29, 0.717) is 34.4 Å². The monoisotopic (exact) mass is 440 g/mol. The molecule has 0 bridgehead atoms. The molecule has 0 aliphatic heterocycles. The standard InChI is InChI=1S/C26H24N4O3/c1-17-6-4-7-18(12-17)20-15-27-26(28-16-20)29-21-9-5-8-19(13-21)25(31)30-23-11-10-22(32-2)14-24(23)33-3/h4-16H,1-3H3,(H,30,31)(H,27,28,29). The Morgan fingerprint density at radius 2 is 1.64 bits per heavy atom. The van der Waals surface area contributed by atoms with Crippen molar-refractivity contribution in [2.24, 2.45) is 0 Å². The molecule has 0 unspecified atom stereocenters. The third-order valence-electron chi connectivity index (χ3n) is 5.04. The molecule has 7 heteroatoms. The summed E-state index contributed by atoms with van der Waals surface area (Å²) in [4.78, 5) is 21.6. The van der Waals surface area contributed by atoms with E-state index in [9.17, 15) is 4.79 Å². The molecule has 166 valence electrons. The molecule has 4 rings (SSSR count). The Morgan fingerprint density at radius 3 is 2.36 bits per heavy atom. The Kier molecular flexibility index (Phi) is 6.50. The maximum atomic E-state index is 12.8. The second-order valence-corrected chi connectivity index (χ2v) is 7.39. The summed E-state index contributed by atoms with van der Waals surface area (Å²) in [5, 5.41) is 6.02. The molecule has 0 aliphatic rings. The van der Waals surface area contributed by atoms with Gasteiger partial charge in [-0.1, -0.05) is 35.9 Å². The predicted molar refractivity (Wildman–Crippen MR) is 129 cm³/mol. The third kappa shape index (κ3) is 5.27. The number of benzene rings is 3. The molecule has 4 aromatic rings. The molecule has 0 fully saturated rings. The van der Waals surface area contributed by atoms with Crippen molar-refractivity contribution < 1.29 is 14.3 Å². The number of ether oxygens (including phenoxy) is 2. The molecule has 2 N–H and O–H groups in total. The van der Waals surface area contributed by atoms with Crippen molar-refractivity contribution in [3.63, 3.8) is 0 Å². The minimum atomic E-state index is -0.266. The normalized spacial score (nSPS) is 10.4. The summed E-state index contributed by atoms with van der Waals surface area (Å²) in [5.74, 6) is 1.34. The van der Waals surface area contributed by atoms with Crippen LogP contribution in [0.1, 0.15) is 15.9 Å². The lowest BCUT2D eigenvalue weighted by atomic mass is 10.1. The van der Waals surface area contributed by atoms with Crippen LogP contribution in [0, 0.1) is 6.92 Å². The zero-order chi connectivity index (χ0) is 23.2. The van der Waals surface area contributed by atoms with E-state index in [-0.39, 0.29) is 5.91 Å². The van der Waals surface area contributed by atoms with Gasteiger partial charge < -0.3 is 20.1 Å². The number of nitrogens with zero attached hydrogens (tertiary/aromatic N) is 2. The molecule has 1 amide bonds. The highest BCUT2D eigenvalue weighted by Gasteiger charge is 2.12. The van der Waals surface area contributed by atoms with Crippen LogP contribution in [0.25, 0.3) is 11.1 Å². The number of carbonyl (C=O) groups is 1. The Labute approximate surface area is 192 Å². The lowest BCUT2D eigenvalue weighted by Gasteiger charge is -2.12. The zero-order valence-electron chi connectivity index (χ0n) is 18.6. The van der Waals surface area contributed by atoms with E-state index in [1.165, 1.54) is 5.56 Å². The Hall–Kier alpha value is -4.39. The van der Waals surface area contributed by atoms with Gasteiger partial charge in [0.25, 0.3) is 5.91 Å². The second kappa shape index (κ2) is 9.82. The summed E-state index contributed by atoms with van der Waals surface area (Å²) in [5.41, 5.74) is 4.91. The van der Waals surface area contributed by atoms with Crippen LogP contribution in [0.15, 0.2) is 79.1 Å². The average molecular weight is 441 g/mol. The first-order chi connectivity index (χ1) is 16.1. The van der Waals surface area contributed by atoms with Crippen molar-refractivity contribution in [3.8, 4) is 22.6 Å². The number of aromatic nitrogens is 2. The molecule has 33 heavy (non-hydrogen) atoms. The average Bonchev–Trinajstić information content (AvgIpc) is 2.85. The molecule has 0 spiro atoms. The Balaban J connectivity index is 1.47. The van der Waals surface area contributed by atoms with E-state index in [4.69, 9.17) is 9.47 Å². The van der Waals surface area contributed by atoms with Gasteiger partial charge in [0.15, 0.2) is 0 Å². The van der Waals surface area contributed by atoms with Gasteiger partial charge in [-0.2, -0.15) is 0 Å². The van der Waals surface area contributed by atoms with E-state index >= 15 is 0 Å². The minimum Gasteiger partial charge on any atom is -0.497 e. The van der Waals surface area contributed by atoms with Gasteiger partial charge in [0.05, 0.1) is 19.9 Å². The van der Waals surface area contributed by atoms with Gasteiger partial charge in [-0.05, 0) is 42.8 Å². The first kappa shape index (κ1) is 21.8. The smallest absolute Gasteiger partial charge is 0.255 e. The number of carbonyl (C=O) groups excluding carboxylic acids is 1. The van der Waals surface area contributed by atoms with Gasteiger partial charge in [0.1, 0.15) is 11.5 Å². The van der Waals surface area contributed by atoms with Crippen LogP contribution >= 0.6 is 0 Å². The van der Waals surface area contributed by atoms with Gasteiger partial charge in [-0.25, -0.2) is 9.97 Å². The predicted octanol–water partition coefficient (Wildman–Crippen LogP) is 5.47. The van der Waals surface area contributed by atoms with Crippen LogP contribution in [0.4, 0.5) is 17.3 Å². The molecule has 7 nitrogen and oxygen atoms in total. The number of methoxy groups -OCH3 is 2. The fourth-order valence-corrected chi connectivity index (χ4v) is 3.33. The molecule has 0 radical (unpaired) electrons. The van der Waals surface area contributed by atoms with Crippen LogP contribution in [-0.2, 0) is 0 Å². The molecule has 1 heterocycles. The molecule has 1 aromatic heterocycles. The fraction of sp³-hybridized carbons (Fsp3) is 0.115. The molecule has 0 aliphatic carbocycles. The van der Waals surface area contributed by atoms with E-state index in [0.717, 1.165) is 11.1 Å². The van der Waals surface area contributed by atoms with Crippen LogP contribution in [0.5, 0.6) is 11.5 Å². The lowest BCUT2D eigenvalue weighted by Crippen LogP contribution is -2.13. The SMILES string of the molecule is COc1ccc(NC(=O)c2cccc(Nc3ncc(-c4cccc(C)c4)cn3)c2)c(OC)c1. The first-order valence-corrected chi connectivity index (χ1v) is 10.4. The highest BCUT2D eigenvalue weighted by Crippen LogP contribution is 2.29. The largest absolute Gasteiger partial charge is 0.497 e. The van der Waals surface area contributed by atoms with Gasteiger partial charge in [-0.3, -0.25) is 4.79 Å². The summed E-state index contributed by atoms with van der Waals surface area (Å²) in [6.07, 6.45) is 3.55. The summed E-state index contributed by atoms with van der Waals surface area (Å²) in [7, 11) is 3.12. The molecular formula is C26H24N4O3. The van der Waals surface area contributed by atoms with Crippen LogP contribution < -0.4 is 20.1 Å². The maximum absolute atomic E-state index is 12.8. The number of amides is 1. The number of rotatable bonds is 7. The van der Waals surface area contributed by atoms with Crippen molar-refractivity contribution in [3.05, 3.63) is 90.3 Å². The van der Waals surface area contributed by atoms with Gasteiger partial charge in [0, 0.05) is 35.3 Å². The van der Waals surface area contributed by atoms with E-state index in [1.54, 1.807) is 63.0 Å². The topological polar surface area (TPSA) is 85.4 Å². The molecule has 0 atom stereocenters. The first-order valence-electron chi connectivity index (χ1n) is 10.4. The van der Waals surface area contributed by atoms with Crippen molar-refractivity contribution >= 4 is 23.2 Å². The van der Waals surface area contributed by atoms with Crippen LogP contribution in [0.2, 0.25) is 0 Å². The minimum absolute atomic E-state index is 0.266. The quantitative estimate of drug-likeness (QED) is 0.397. The second-order valence-electron chi connectivity index (χ2n) is 7.39. The molecule has 0 saturated carbocycles. The molecule has 3 aromatic carbocycles. The van der Waals surface area contributed by atoms with Gasteiger partial charge >= 0.3 is 0 Å².